The summed E-state index contributed by atoms with van der Waals surface area (Å²) in [6.45, 7) is 0. The van der Waals surface area contributed by atoms with Crippen LogP contribution in [0.3, 0.4) is 0 Å². The predicted octanol–water partition coefficient (Wildman–Crippen LogP) is 11.0. The number of furan rings is 2. The van der Waals surface area contributed by atoms with Crippen molar-refractivity contribution >= 4 is 65.4 Å². The lowest BCUT2D eigenvalue weighted by molar-refractivity contribution is 0.669. The minimum Gasteiger partial charge on any atom is -0.456 e. The lowest BCUT2D eigenvalue weighted by Crippen LogP contribution is -2.00. The molecule has 0 saturated carbocycles. The fourth-order valence-electron chi connectivity index (χ4n) is 6.61. The summed E-state index contributed by atoms with van der Waals surface area (Å²) in [5.41, 5.74) is 5.89. The highest BCUT2D eigenvalue weighted by molar-refractivity contribution is 6.11. The highest BCUT2D eigenvalue weighted by atomic mass is 16.3. The fraction of sp³-hybridized carbons (Fsp3) is 0. The van der Waals surface area contributed by atoms with E-state index in [9.17, 15) is 0 Å². The van der Waals surface area contributed by atoms with E-state index in [0.717, 1.165) is 76.7 Å². The molecule has 5 nitrogen and oxygen atoms in total. The van der Waals surface area contributed by atoms with Gasteiger partial charge in [0.25, 0.3) is 0 Å². The second-order valence-corrected chi connectivity index (χ2v) is 11.7. The molecule has 0 aliphatic carbocycles. The van der Waals surface area contributed by atoms with Crippen molar-refractivity contribution in [2.45, 2.75) is 0 Å². The monoisotopic (exact) mass is 589 g/mol. The molecule has 0 aliphatic rings. The van der Waals surface area contributed by atoms with E-state index in [4.69, 9.17) is 23.8 Å². The van der Waals surface area contributed by atoms with Gasteiger partial charge in [0, 0.05) is 32.7 Å². The lowest BCUT2D eigenvalue weighted by atomic mass is 10.0. The van der Waals surface area contributed by atoms with Gasteiger partial charge in [0.15, 0.2) is 17.5 Å². The van der Waals surface area contributed by atoms with E-state index in [0.29, 0.717) is 17.5 Å². The third kappa shape index (κ3) is 3.85. The summed E-state index contributed by atoms with van der Waals surface area (Å²) in [4.78, 5) is 15.2. The summed E-state index contributed by atoms with van der Waals surface area (Å²) >= 11 is 0. The Balaban J connectivity index is 1.22. The largest absolute Gasteiger partial charge is 0.456 e. The Morgan fingerprint density at radius 2 is 0.957 bits per heavy atom. The van der Waals surface area contributed by atoms with Crippen LogP contribution in [0.1, 0.15) is 0 Å². The van der Waals surface area contributed by atoms with E-state index >= 15 is 0 Å². The lowest BCUT2D eigenvalue weighted by Gasteiger charge is -2.09. The number of nitrogens with zero attached hydrogens (tertiary/aromatic N) is 3. The number of para-hydroxylation sites is 2. The zero-order chi connectivity index (χ0) is 30.2. The van der Waals surface area contributed by atoms with E-state index < -0.39 is 0 Å². The molecule has 0 atom stereocenters. The van der Waals surface area contributed by atoms with E-state index in [1.54, 1.807) is 0 Å². The Morgan fingerprint density at radius 3 is 1.80 bits per heavy atom. The van der Waals surface area contributed by atoms with Crippen molar-refractivity contribution in [3.05, 3.63) is 140 Å². The van der Waals surface area contributed by atoms with Crippen molar-refractivity contribution in [1.82, 2.24) is 15.0 Å². The van der Waals surface area contributed by atoms with Crippen molar-refractivity contribution in [3.63, 3.8) is 0 Å². The molecule has 0 N–H and O–H groups in total. The second-order valence-electron chi connectivity index (χ2n) is 11.7. The third-order valence-electron chi connectivity index (χ3n) is 8.88. The van der Waals surface area contributed by atoms with Gasteiger partial charge in [-0.2, -0.15) is 0 Å². The molecule has 3 heterocycles. The molecule has 0 aliphatic heterocycles. The van der Waals surface area contributed by atoms with Crippen LogP contribution in [-0.2, 0) is 0 Å². The Kier molecular flexibility index (Phi) is 5.22. The molecule has 46 heavy (non-hydrogen) atoms. The summed E-state index contributed by atoms with van der Waals surface area (Å²) in [7, 11) is 0. The SMILES string of the molecule is c1ccc2cc(-c3nc(-c4ccc5oc6cc7ccccc7cc6c5c4)nc(-c4cccc5c4oc4ccccc45)n3)ccc2c1. The molecule has 0 bridgehead atoms. The number of benzene rings is 7. The average molecular weight is 590 g/mol. The number of fused-ring (bicyclic) bond motifs is 8. The van der Waals surface area contributed by atoms with Crippen molar-refractivity contribution in [3.8, 4) is 34.2 Å². The molecule has 214 valence electrons. The molecule has 0 spiro atoms. The first kappa shape index (κ1) is 25.0. The van der Waals surface area contributed by atoms with Crippen molar-refractivity contribution in [1.29, 1.82) is 0 Å². The van der Waals surface area contributed by atoms with Crippen molar-refractivity contribution in [2.75, 3.05) is 0 Å². The standard InChI is InChI=1S/C41H23N3O2/c1-2-9-25-20-28(17-16-24(25)8-1)39-42-40(44-41(43-39)32-14-7-13-31-30-12-5-6-15-35(30)46-38(31)32)29-18-19-36-33(22-29)34-21-26-10-3-4-11-27(26)23-37(34)45-36/h1-23H. The van der Waals surface area contributed by atoms with Gasteiger partial charge in [-0.25, -0.2) is 15.0 Å². The molecule has 10 rings (SSSR count). The fourth-order valence-corrected chi connectivity index (χ4v) is 6.61. The summed E-state index contributed by atoms with van der Waals surface area (Å²) in [5.74, 6) is 1.74. The van der Waals surface area contributed by atoms with E-state index in [2.05, 4.69) is 78.9 Å². The van der Waals surface area contributed by atoms with Crippen molar-refractivity contribution < 1.29 is 8.83 Å². The van der Waals surface area contributed by atoms with Crippen LogP contribution in [0.2, 0.25) is 0 Å². The summed E-state index contributed by atoms with van der Waals surface area (Å²) in [6.07, 6.45) is 0. The van der Waals surface area contributed by atoms with Gasteiger partial charge < -0.3 is 8.83 Å². The highest BCUT2D eigenvalue weighted by Gasteiger charge is 2.19. The van der Waals surface area contributed by atoms with Gasteiger partial charge in [0.2, 0.25) is 0 Å². The summed E-state index contributed by atoms with van der Waals surface area (Å²) in [5, 5.41) is 8.78. The number of hydrogen-bond acceptors (Lipinski definition) is 5. The van der Waals surface area contributed by atoms with Gasteiger partial charge in [-0.1, -0.05) is 91.0 Å². The third-order valence-corrected chi connectivity index (χ3v) is 8.88. The summed E-state index contributed by atoms with van der Waals surface area (Å²) < 4.78 is 12.7. The van der Waals surface area contributed by atoms with E-state index in [1.165, 1.54) is 5.39 Å². The Hall–Kier alpha value is -6.33. The molecule has 0 saturated heterocycles. The predicted molar refractivity (Wildman–Crippen MR) is 186 cm³/mol. The number of rotatable bonds is 3. The van der Waals surface area contributed by atoms with Crippen LogP contribution in [-0.4, -0.2) is 15.0 Å². The molecule has 0 amide bonds. The molecular weight excluding hydrogens is 566 g/mol. The molecule has 5 heteroatoms. The minimum atomic E-state index is 0.556. The average Bonchev–Trinajstić information content (AvgIpc) is 3.67. The molecule has 10 aromatic rings. The Bertz CT molecular complexity index is 2830. The van der Waals surface area contributed by atoms with Crippen LogP contribution < -0.4 is 0 Å². The number of hydrogen-bond donors (Lipinski definition) is 0. The molecule has 0 unspecified atom stereocenters. The smallest absolute Gasteiger partial charge is 0.167 e. The Morgan fingerprint density at radius 1 is 0.348 bits per heavy atom. The summed E-state index contributed by atoms with van der Waals surface area (Å²) in [6, 6.07) is 47.7. The molecule has 0 fully saturated rings. The van der Waals surface area contributed by atoms with Crippen LogP contribution in [0.15, 0.2) is 148 Å². The van der Waals surface area contributed by atoms with E-state index in [-0.39, 0.29) is 0 Å². The minimum absolute atomic E-state index is 0.556. The van der Waals surface area contributed by atoms with Crippen LogP contribution >= 0.6 is 0 Å². The van der Waals surface area contributed by atoms with Crippen LogP contribution in [0.5, 0.6) is 0 Å². The van der Waals surface area contributed by atoms with Gasteiger partial charge in [0.05, 0.1) is 5.56 Å². The van der Waals surface area contributed by atoms with E-state index in [1.807, 2.05) is 60.7 Å². The van der Waals surface area contributed by atoms with Gasteiger partial charge in [-0.3, -0.25) is 0 Å². The van der Waals surface area contributed by atoms with Gasteiger partial charge in [0.1, 0.15) is 22.3 Å². The molecule has 7 aromatic carbocycles. The maximum absolute atomic E-state index is 6.40. The number of aromatic nitrogens is 3. The van der Waals surface area contributed by atoms with Gasteiger partial charge in [-0.15, -0.1) is 0 Å². The topological polar surface area (TPSA) is 65.0 Å². The van der Waals surface area contributed by atoms with Crippen molar-refractivity contribution in [2.24, 2.45) is 0 Å². The van der Waals surface area contributed by atoms with Gasteiger partial charge in [-0.05, 0) is 70.1 Å². The Labute approximate surface area is 262 Å². The first-order chi connectivity index (χ1) is 22.7. The highest BCUT2D eigenvalue weighted by Crippen LogP contribution is 2.38. The molecular formula is C41H23N3O2. The van der Waals surface area contributed by atoms with Crippen LogP contribution in [0, 0.1) is 0 Å². The normalized spacial score (nSPS) is 11.9. The van der Waals surface area contributed by atoms with Crippen LogP contribution in [0.4, 0.5) is 0 Å². The van der Waals surface area contributed by atoms with Crippen LogP contribution in [0.25, 0.3) is 99.6 Å². The van der Waals surface area contributed by atoms with Gasteiger partial charge >= 0.3 is 0 Å². The second kappa shape index (κ2) is 9.58. The zero-order valence-electron chi connectivity index (χ0n) is 24.4. The maximum atomic E-state index is 6.40. The quantitative estimate of drug-likeness (QED) is 0.205. The first-order valence-electron chi connectivity index (χ1n) is 15.3. The molecule has 0 radical (unpaired) electrons. The molecule has 3 aromatic heterocycles. The zero-order valence-corrected chi connectivity index (χ0v) is 24.4. The first-order valence-corrected chi connectivity index (χ1v) is 15.3. The maximum Gasteiger partial charge on any atom is 0.167 e.